The van der Waals surface area contributed by atoms with Crippen molar-refractivity contribution in [3.05, 3.63) is 29.8 Å². The molecule has 6 nitrogen and oxygen atoms in total. The first-order chi connectivity index (χ1) is 10.7. The number of amides is 3. The molecule has 1 aliphatic rings. The van der Waals surface area contributed by atoms with Crippen molar-refractivity contribution in [2.75, 3.05) is 25.0 Å². The van der Waals surface area contributed by atoms with Gasteiger partial charge < -0.3 is 20.3 Å². The van der Waals surface area contributed by atoms with Gasteiger partial charge in [-0.2, -0.15) is 0 Å². The monoisotopic (exact) mass is 319 g/mol. The van der Waals surface area contributed by atoms with Crippen LogP contribution < -0.4 is 10.6 Å². The van der Waals surface area contributed by atoms with Crippen molar-refractivity contribution >= 4 is 17.6 Å². The van der Waals surface area contributed by atoms with Gasteiger partial charge in [-0.25, -0.2) is 4.79 Å². The molecule has 1 fully saturated rings. The molecule has 1 heterocycles. The molecule has 3 amide bonds. The highest BCUT2D eigenvalue weighted by molar-refractivity contribution is 5.97. The molecule has 1 aromatic rings. The molecule has 0 radical (unpaired) electrons. The van der Waals surface area contributed by atoms with E-state index in [1.165, 1.54) is 0 Å². The maximum absolute atomic E-state index is 12.6. The van der Waals surface area contributed by atoms with E-state index in [4.69, 9.17) is 4.74 Å². The topological polar surface area (TPSA) is 70.7 Å². The number of benzene rings is 1. The molecule has 0 spiro atoms. The van der Waals surface area contributed by atoms with Gasteiger partial charge in [0.05, 0.1) is 12.7 Å². The third kappa shape index (κ3) is 5.25. The summed E-state index contributed by atoms with van der Waals surface area (Å²) in [4.78, 5) is 26.3. The van der Waals surface area contributed by atoms with E-state index in [-0.39, 0.29) is 23.6 Å². The molecule has 0 aliphatic carbocycles. The van der Waals surface area contributed by atoms with Crippen molar-refractivity contribution in [2.45, 2.75) is 39.3 Å². The van der Waals surface area contributed by atoms with Crippen LogP contribution in [-0.4, -0.2) is 48.2 Å². The van der Waals surface area contributed by atoms with E-state index in [0.29, 0.717) is 30.9 Å². The van der Waals surface area contributed by atoms with Crippen LogP contribution in [0.2, 0.25) is 0 Å². The lowest BCUT2D eigenvalue weighted by molar-refractivity contribution is -0.0124. The van der Waals surface area contributed by atoms with Crippen molar-refractivity contribution in [3.8, 4) is 0 Å². The summed E-state index contributed by atoms with van der Waals surface area (Å²) in [5, 5.41) is 5.58. The predicted octanol–water partition coefficient (Wildman–Crippen LogP) is 2.47. The number of rotatable bonds is 2. The average molecular weight is 319 g/mol. The first-order valence-electron chi connectivity index (χ1n) is 7.85. The molecular weight excluding hydrogens is 294 g/mol. The summed E-state index contributed by atoms with van der Waals surface area (Å²) in [7, 11) is 0. The Morgan fingerprint density at radius 2 is 2.04 bits per heavy atom. The van der Waals surface area contributed by atoms with Crippen LogP contribution in [0.5, 0.6) is 0 Å². The van der Waals surface area contributed by atoms with E-state index in [1.807, 2.05) is 27.7 Å². The molecular formula is C17H25N3O3. The second-order valence-electron chi connectivity index (χ2n) is 6.84. The Morgan fingerprint density at radius 1 is 1.30 bits per heavy atom. The second kappa shape index (κ2) is 7.00. The average Bonchev–Trinajstić information content (AvgIpc) is 2.44. The van der Waals surface area contributed by atoms with E-state index in [1.54, 1.807) is 29.2 Å². The molecule has 1 unspecified atom stereocenters. The quantitative estimate of drug-likeness (QED) is 0.880. The largest absolute Gasteiger partial charge is 0.375 e. The second-order valence-corrected chi connectivity index (χ2v) is 6.84. The SMILES string of the molecule is CC1CN(C(=O)c2cccc(NC(=O)NC(C)(C)C)c2)CCO1. The molecule has 1 aromatic carbocycles. The third-order valence-electron chi connectivity index (χ3n) is 3.38. The van der Waals surface area contributed by atoms with Gasteiger partial charge in [-0.15, -0.1) is 0 Å². The highest BCUT2D eigenvalue weighted by Crippen LogP contribution is 2.15. The summed E-state index contributed by atoms with van der Waals surface area (Å²) >= 11 is 0. The summed E-state index contributed by atoms with van der Waals surface area (Å²) in [5.74, 6) is -0.0416. The van der Waals surface area contributed by atoms with Crippen LogP contribution >= 0.6 is 0 Å². The van der Waals surface area contributed by atoms with E-state index in [2.05, 4.69) is 10.6 Å². The number of morpholine rings is 1. The molecule has 2 rings (SSSR count). The van der Waals surface area contributed by atoms with Crippen LogP contribution in [0, 0.1) is 0 Å². The van der Waals surface area contributed by atoms with Crippen LogP contribution in [0.1, 0.15) is 38.1 Å². The Balaban J connectivity index is 2.04. The van der Waals surface area contributed by atoms with Crippen molar-refractivity contribution in [1.29, 1.82) is 0 Å². The molecule has 1 aliphatic heterocycles. The highest BCUT2D eigenvalue weighted by atomic mass is 16.5. The van der Waals surface area contributed by atoms with Crippen LogP contribution in [0.4, 0.5) is 10.5 Å². The molecule has 0 bridgehead atoms. The molecule has 0 saturated carbocycles. The Morgan fingerprint density at radius 3 is 2.70 bits per heavy atom. The minimum absolute atomic E-state index is 0.0416. The summed E-state index contributed by atoms with van der Waals surface area (Å²) in [6.07, 6.45) is 0.0478. The number of hydrogen-bond donors (Lipinski definition) is 2. The molecule has 2 N–H and O–H groups in total. The standard InChI is InChI=1S/C17H25N3O3/c1-12-11-20(8-9-23-12)15(21)13-6-5-7-14(10-13)18-16(22)19-17(2,3)4/h5-7,10,12H,8-9,11H2,1-4H3,(H2,18,19,22). The first kappa shape index (κ1) is 17.3. The predicted molar refractivity (Wildman–Crippen MR) is 89.7 cm³/mol. The number of carbonyl (C=O) groups is 2. The van der Waals surface area contributed by atoms with E-state index in [9.17, 15) is 9.59 Å². The fourth-order valence-corrected chi connectivity index (χ4v) is 2.42. The third-order valence-corrected chi connectivity index (χ3v) is 3.38. The van der Waals surface area contributed by atoms with E-state index >= 15 is 0 Å². The van der Waals surface area contributed by atoms with Crippen molar-refractivity contribution in [3.63, 3.8) is 0 Å². The van der Waals surface area contributed by atoms with Gasteiger partial charge in [-0.1, -0.05) is 6.07 Å². The number of hydrogen-bond acceptors (Lipinski definition) is 3. The van der Waals surface area contributed by atoms with Crippen LogP contribution in [0.15, 0.2) is 24.3 Å². The molecule has 6 heteroatoms. The van der Waals surface area contributed by atoms with Gasteiger partial charge in [0.15, 0.2) is 0 Å². The number of anilines is 1. The number of carbonyl (C=O) groups excluding carboxylic acids is 2. The maximum atomic E-state index is 12.6. The lowest BCUT2D eigenvalue weighted by Crippen LogP contribution is -2.44. The summed E-state index contributed by atoms with van der Waals surface area (Å²) in [6.45, 7) is 9.41. The normalized spacial score (nSPS) is 18.4. The maximum Gasteiger partial charge on any atom is 0.319 e. The van der Waals surface area contributed by atoms with Crippen molar-refractivity contribution < 1.29 is 14.3 Å². The minimum Gasteiger partial charge on any atom is -0.375 e. The van der Waals surface area contributed by atoms with Crippen LogP contribution in [-0.2, 0) is 4.74 Å². The summed E-state index contributed by atoms with van der Waals surface area (Å²) in [5.41, 5.74) is 0.841. The summed E-state index contributed by atoms with van der Waals surface area (Å²) < 4.78 is 5.46. The minimum atomic E-state index is -0.318. The van der Waals surface area contributed by atoms with Gasteiger partial charge in [0.1, 0.15) is 0 Å². The molecule has 0 aromatic heterocycles. The smallest absolute Gasteiger partial charge is 0.319 e. The molecule has 23 heavy (non-hydrogen) atoms. The van der Waals surface area contributed by atoms with Gasteiger partial charge in [-0.05, 0) is 45.9 Å². The van der Waals surface area contributed by atoms with E-state index in [0.717, 1.165) is 0 Å². The van der Waals surface area contributed by atoms with Crippen LogP contribution in [0.3, 0.4) is 0 Å². The Hall–Kier alpha value is -2.08. The number of urea groups is 1. The van der Waals surface area contributed by atoms with Gasteiger partial charge in [-0.3, -0.25) is 4.79 Å². The fourth-order valence-electron chi connectivity index (χ4n) is 2.42. The molecule has 126 valence electrons. The molecule has 1 saturated heterocycles. The Bertz CT molecular complexity index is 581. The van der Waals surface area contributed by atoms with Crippen molar-refractivity contribution in [1.82, 2.24) is 10.2 Å². The first-order valence-corrected chi connectivity index (χ1v) is 7.85. The molecule has 1 atom stereocenters. The zero-order valence-electron chi connectivity index (χ0n) is 14.2. The fraction of sp³-hybridized carbons (Fsp3) is 0.529. The van der Waals surface area contributed by atoms with Crippen LogP contribution in [0.25, 0.3) is 0 Å². The van der Waals surface area contributed by atoms with Gasteiger partial charge in [0.25, 0.3) is 5.91 Å². The Kier molecular flexibility index (Phi) is 5.26. The Labute approximate surface area is 137 Å². The van der Waals surface area contributed by atoms with Gasteiger partial charge in [0.2, 0.25) is 0 Å². The number of ether oxygens (including phenoxy) is 1. The van der Waals surface area contributed by atoms with E-state index < -0.39 is 0 Å². The zero-order valence-corrected chi connectivity index (χ0v) is 14.2. The zero-order chi connectivity index (χ0) is 17.0. The van der Waals surface area contributed by atoms with Gasteiger partial charge in [0, 0.05) is 29.9 Å². The summed E-state index contributed by atoms with van der Waals surface area (Å²) in [6, 6.07) is 6.70. The van der Waals surface area contributed by atoms with Crippen molar-refractivity contribution in [2.24, 2.45) is 0 Å². The van der Waals surface area contributed by atoms with Gasteiger partial charge >= 0.3 is 6.03 Å². The lowest BCUT2D eigenvalue weighted by Gasteiger charge is -2.31. The number of nitrogens with one attached hydrogen (secondary N) is 2. The number of nitrogens with zero attached hydrogens (tertiary/aromatic N) is 1. The lowest BCUT2D eigenvalue weighted by atomic mass is 10.1. The highest BCUT2D eigenvalue weighted by Gasteiger charge is 2.22.